The number of ether oxygens (including phenoxy) is 2. The highest BCUT2D eigenvalue weighted by Gasteiger charge is 2.24. The number of aliphatic imine (C=N–C) groups is 1. The summed E-state index contributed by atoms with van der Waals surface area (Å²) in [5, 5.41) is 0.784. The van der Waals surface area contributed by atoms with Crippen LogP contribution in [0.2, 0.25) is 10.0 Å². The highest BCUT2D eigenvalue weighted by molar-refractivity contribution is 14.1. The van der Waals surface area contributed by atoms with Crippen molar-refractivity contribution in [3.8, 4) is 5.75 Å². The van der Waals surface area contributed by atoms with E-state index in [1.54, 1.807) is 24.3 Å². The van der Waals surface area contributed by atoms with E-state index >= 15 is 0 Å². The molecule has 0 N–H and O–H groups in total. The first kappa shape index (κ1) is 20.9. The molecular formula is C23H14Cl2INO3. The molecular weight excluding hydrogens is 536 g/mol. The summed E-state index contributed by atoms with van der Waals surface area (Å²) in [6.07, 6.45) is 1.66. The van der Waals surface area contributed by atoms with Gasteiger partial charge < -0.3 is 9.47 Å². The van der Waals surface area contributed by atoms with Gasteiger partial charge in [0.15, 0.2) is 5.70 Å². The van der Waals surface area contributed by atoms with Crippen LogP contribution < -0.4 is 4.74 Å². The number of hydrogen-bond acceptors (Lipinski definition) is 4. The summed E-state index contributed by atoms with van der Waals surface area (Å²) in [6.45, 7) is 0.457. The Morgan fingerprint density at radius 3 is 2.57 bits per heavy atom. The molecule has 0 radical (unpaired) electrons. The molecule has 30 heavy (non-hydrogen) atoms. The van der Waals surface area contributed by atoms with Crippen LogP contribution in [0.4, 0.5) is 0 Å². The highest BCUT2D eigenvalue weighted by atomic mass is 127. The van der Waals surface area contributed by atoms with E-state index in [2.05, 4.69) is 27.6 Å². The molecule has 1 heterocycles. The maximum atomic E-state index is 12.2. The Balaban J connectivity index is 1.51. The smallest absolute Gasteiger partial charge is 0.363 e. The molecule has 0 bridgehead atoms. The van der Waals surface area contributed by atoms with E-state index < -0.39 is 5.97 Å². The minimum Gasteiger partial charge on any atom is -0.489 e. The second kappa shape index (κ2) is 9.20. The molecule has 4 nitrogen and oxygen atoms in total. The molecule has 150 valence electrons. The Bertz CT molecular complexity index is 1170. The van der Waals surface area contributed by atoms with Crippen molar-refractivity contribution in [1.82, 2.24) is 0 Å². The van der Waals surface area contributed by atoms with Gasteiger partial charge in [0.25, 0.3) is 0 Å². The van der Waals surface area contributed by atoms with Crippen molar-refractivity contribution in [3.05, 3.63) is 103 Å². The van der Waals surface area contributed by atoms with E-state index in [-0.39, 0.29) is 11.6 Å². The minimum absolute atomic E-state index is 0.191. The predicted molar refractivity (Wildman–Crippen MR) is 127 cm³/mol. The average Bonchev–Trinajstić information content (AvgIpc) is 3.10. The number of benzene rings is 3. The van der Waals surface area contributed by atoms with Crippen molar-refractivity contribution >= 4 is 63.7 Å². The van der Waals surface area contributed by atoms with Crippen molar-refractivity contribution in [1.29, 1.82) is 0 Å². The molecule has 0 unspecified atom stereocenters. The second-order valence-electron chi connectivity index (χ2n) is 6.45. The van der Waals surface area contributed by atoms with Crippen molar-refractivity contribution in [3.63, 3.8) is 0 Å². The number of carbonyl (C=O) groups excluding carboxylic acids is 1. The molecule has 7 heteroatoms. The van der Waals surface area contributed by atoms with E-state index in [1.807, 2.05) is 48.5 Å². The molecule has 0 saturated carbocycles. The largest absolute Gasteiger partial charge is 0.489 e. The van der Waals surface area contributed by atoms with E-state index in [0.717, 1.165) is 11.1 Å². The third-order valence-electron chi connectivity index (χ3n) is 4.27. The summed E-state index contributed by atoms with van der Waals surface area (Å²) in [7, 11) is 0. The van der Waals surface area contributed by atoms with Crippen LogP contribution in [0.5, 0.6) is 5.75 Å². The Labute approximate surface area is 197 Å². The van der Waals surface area contributed by atoms with Gasteiger partial charge in [0.1, 0.15) is 12.4 Å². The standard InChI is InChI=1S/C23H14Cl2INO3/c24-19-9-6-16(12-20(19)25)22-27-21(23(28)30-22)11-15-2-1-3-18(10-15)29-13-14-4-7-17(26)8-5-14/h1-12H,13H2/b21-11-. The van der Waals surface area contributed by atoms with Crippen molar-refractivity contribution < 1.29 is 14.3 Å². The third kappa shape index (κ3) is 5.03. The fourth-order valence-corrected chi connectivity index (χ4v) is 3.42. The van der Waals surface area contributed by atoms with Crippen molar-refractivity contribution in [2.45, 2.75) is 6.61 Å². The number of cyclic esters (lactones) is 1. The van der Waals surface area contributed by atoms with Crippen molar-refractivity contribution in [2.24, 2.45) is 4.99 Å². The summed E-state index contributed by atoms with van der Waals surface area (Å²) in [5.41, 5.74) is 2.64. The van der Waals surface area contributed by atoms with E-state index in [1.165, 1.54) is 3.57 Å². The maximum absolute atomic E-state index is 12.2. The average molecular weight is 550 g/mol. The molecule has 0 amide bonds. The SMILES string of the molecule is O=C1OC(c2ccc(Cl)c(Cl)c2)=N/C1=C\c1cccc(OCc2ccc(I)cc2)c1. The van der Waals surface area contributed by atoms with Crippen LogP contribution in [0.3, 0.4) is 0 Å². The molecule has 0 fully saturated rings. The summed E-state index contributed by atoms with van der Waals surface area (Å²) in [6, 6.07) is 20.5. The lowest BCUT2D eigenvalue weighted by Gasteiger charge is -2.07. The monoisotopic (exact) mass is 549 g/mol. The third-order valence-corrected chi connectivity index (χ3v) is 5.73. The lowest BCUT2D eigenvalue weighted by molar-refractivity contribution is -0.129. The van der Waals surface area contributed by atoms with E-state index in [9.17, 15) is 4.79 Å². The van der Waals surface area contributed by atoms with E-state index in [0.29, 0.717) is 28.0 Å². The molecule has 3 aromatic carbocycles. The van der Waals surface area contributed by atoms with E-state index in [4.69, 9.17) is 32.7 Å². The summed E-state index contributed by atoms with van der Waals surface area (Å²) in [5.74, 6) is 0.361. The number of hydrogen-bond donors (Lipinski definition) is 0. The summed E-state index contributed by atoms with van der Waals surface area (Å²) in [4.78, 5) is 16.5. The van der Waals surface area contributed by atoms with Gasteiger partial charge in [-0.2, -0.15) is 0 Å². The second-order valence-corrected chi connectivity index (χ2v) is 8.51. The normalized spacial score (nSPS) is 14.6. The number of esters is 1. The zero-order chi connectivity index (χ0) is 21.1. The Kier molecular flexibility index (Phi) is 6.41. The van der Waals surface area contributed by atoms with Gasteiger partial charge in [0.05, 0.1) is 10.0 Å². The zero-order valence-corrected chi connectivity index (χ0v) is 19.1. The van der Waals surface area contributed by atoms with Crippen LogP contribution in [0, 0.1) is 3.57 Å². The van der Waals surface area contributed by atoms with Gasteiger partial charge in [-0.05, 0) is 82.3 Å². The predicted octanol–water partition coefficient (Wildman–Crippen LogP) is 6.52. The number of halogens is 3. The molecule has 0 saturated heterocycles. The number of rotatable bonds is 5. The molecule has 0 aliphatic carbocycles. The van der Waals surface area contributed by atoms with Crippen LogP contribution in [-0.4, -0.2) is 11.9 Å². The van der Waals surface area contributed by atoms with Crippen LogP contribution in [0.25, 0.3) is 6.08 Å². The Morgan fingerprint density at radius 2 is 1.80 bits per heavy atom. The first-order valence-corrected chi connectivity index (χ1v) is 10.8. The molecule has 1 aliphatic heterocycles. The van der Waals surface area contributed by atoms with Gasteiger partial charge in [-0.15, -0.1) is 0 Å². The lowest BCUT2D eigenvalue weighted by atomic mass is 10.2. The minimum atomic E-state index is -0.527. The molecule has 0 atom stereocenters. The lowest BCUT2D eigenvalue weighted by Crippen LogP contribution is -2.05. The van der Waals surface area contributed by atoms with Crippen molar-refractivity contribution in [2.75, 3.05) is 0 Å². The zero-order valence-electron chi connectivity index (χ0n) is 15.4. The van der Waals surface area contributed by atoms with Crippen LogP contribution in [-0.2, 0) is 16.1 Å². The first-order chi connectivity index (χ1) is 14.5. The van der Waals surface area contributed by atoms with Gasteiger partial charge in [-0.3, -0.25) is 0 Å². The molecule has 4 rings (SSSR count). The van der Waals surface area contributed by atoms with Crippen LogP contribution in [0.15, 0.2) is 77.4 Å². The summed E-state index contributed by atoms with van der Waals surface area (Å²) < 4.78 is 12.3. The molecule has 0 spiro atoms. The quantitative estimate of drug-likeness (QED) is 0.207. The van der Waals surface area contributed by atoms with Gasteiger partial charge in [0, 0.05) is 9.13 Å². The highest BCUT2D eigenvalue weighted by Crippen LogP contribution is 2.26. The first-order valence-electron chi connectivity index (χ1n) is 8.93. The fraction of sp³-hybridized carbons (Fsp3) is 0.0435. The fourth-order valence-electron chi connectivity index (χ4n) is 2.76. The number of nitrogens with zero attached hydrogens (tertiary/aromatic N) is 1. The maximum Gasteiger partial charge on any atom is 0.363 e. The topological polar surface area (TPSA) is 47.9 Å². The van der Waals surface area contributed by atoms with Gasteiger partial charge >= 0.3 is 5.97 Å². The Hall–Kier alpha value is -2.35. The molecule has 0 aromatic heterocycles. The Morgan fingerprint density at radius 1 is 1.00 bits per heavy atom. The van der Waals surface area contributed by atoms with Crippen LogP contribution >= 0.6 is 45.8 Å². The van der Waals surface area contributed by atoms with Gasteiger partial charge in [-0.25, -0.2) is 9.79 Å². The molecule has 1 aliphatic rings. The molecule has 3 aromatic rings. The van der Waals surface area contributed by atoms with Gasteiger partial charge in [0.2, 0.25) is 5.90 Å². The number of carbonyl (C=O) groups is 1. The summed E-state index contributed by atoms with van der Waals surface area (Å²) >= 11 is 14.2. The van der Waals surface area contributed by atoms with Gasteiger partial charge in [-0.1, -0.05) is 47.5 Å². The van der Waals surface area contributed by atoms with Crippen LogP contribution in [0.1, 0.15) is 16.7 Å².